The van der Waals surface area contributed by atoms with Gasteiger partial charge >= 0.3 is 5.97 Å². The van der Waals surface area contributed by atoms with Crippen molar-refractivity contribution in [3.05, 3.63) is 11.1 Å². The number of rotatable bonds is 1. The van der Waals surface area contributed by atoms with E-state index >= 15 is 0 Å². The van der Waals surface area contributed by atoms with Gasteiger partial charge in [-0.05, 0) is 32.6 Å². The van der Waals surface area contributed by atoms with E-state index in [0.717, 1.165) is 31.3 Å². The lowest BCUT2D eigenvalue weighted by Crippen LogP contribution is -2.03. The molecule has 1 aliphatic carbocycles. The molecular weight excluding hydrogens is 188 g/mol. The Labute approximate surface area is 92.4 Å². The zero-order valence-electron chi connectivity index (χ0n) is 9.72. The minimum Gasteiger partial charge on any atom is -0.478 e. The SMILES string of the molecule is CC1=C(C(=O)O)CCCCCCCCC1. The molecule has 2 nitrogen and oxygen atoms in total. The minimum absolute atomic E-state index is 0.678. The average Bonchev–Trinajstić information content (AvgIpc) is 2.23. The Morgan fingerprint density at radius 1 is 0.933 bits per heavy atom. The van der Waals surface area contributed by atoms with Gasteiger partial charge in [0.15, 0.2) is 0 Å². The van der Waals surface area contributed by atoms with Gasteiger partial charge in [0.25, 0.3) is 0 Å². The van der Waals surface area contributed by atoms with Crippen LogP contribution in [0.15, 0.2) is 11.1 Å². The summed E-state index contributed by atoms with van der Waals surface area (Å²) in [5.74, 6) is -0.702. The average molecular weight is 210 g/mol. The standard InChI is InChI=1S/C13H22O2/c1-11-9-7-5-3-2-4-6-8-10-12(11)13(14)15/h2-10H2,1H3,(H,14,15). The zero-order valence-corrected chi connectivity index (χ0v) is 9.72. The van der Waals surface area contributed by atoms with Crippen LogP contribution in [0.25, 0.3) is 0 Å². The van der Waals surface area contributed by atoms with Crippen LogP contribution in [0.1, 0.15) is 64.7 Å². The van der Waals surface area contributed by atoms with Crippen molar-refractivity contribution >= 4 is 5.97 Å². The maximum absolute atomic E-state index is 11.1. The van der Waals surface area contributed by atoms with E-state index in [4.69, 9.17) is 5.11 Å². The lowest BCUT2D eigenvalue weighted by atomic mass is 9.99. The number of carboxylic acids is 1. The van der Waals surface area contributed by atoms with Gasteiger partial charge in [-0.2, -0.15) is 0 Å². The molecule has 0 saturated carbocycles. The molecule has 0 unspecified atom stereocenters. The molecule has 0 bridgehead atoms. The molecule has 0 saturated heterocycles. The highest BCUT2D eigenvalue weighted by Crippen LogP contribution is 2.21. The first-order valence-electron chi connectivity index (χ1n) is 6.13. The molecule has 0 aromatic heterocycles. The molecule has 86 valence electrons. The van der Waals surface area contributed by atoms with Crippen molar-refractivity contribution in [1.29, 1.82) is 0 Å². The molecule has 1 N–H and O–H groups in total. The first kappa shape index (κ1) is 12.3. The summed E-state index contributed by atoms with van der Waals surface area (Å²) in [6, 6.07) is 0. The van der Waals surface area contributed by atoms with Gasteiger partial charge in [-0.3, -0.25) is 0 Å². The highest BCUT2D eigenvalue weighted by Gasteiger charge is 2.11. The Morgan fingerprint density at radius 3 is 1.93 bits per heavy atom. The second-order valence-corrected chi connectivity index (χ2v) is 4.54. The van der Waals surface area contributed by atoms with E-state index in [1.54, 1.807) is 0 Å². The lowest BCUT2D eigenvalue weighted by molar-refractivity contribution is -0.132. The van der Waals surface area contributed by atoms with Gasteiger partial charge in [0.1, 0.15) is 0 Å². The fraction of sp³-hybridized carbons (Fsp3) is 0.769. The molecule has 0 atom stereocenters. The van der Waals surface area contributed by atoms with Crippen molar-refractivity contribution in [3.63, 3.8) is 0 Å². The normalized spacial score (nSPS) is 20.9. The third-order valence-electron chi connectivity index (χ3n) is 3.25. The number of aliphatic carboxylic acids is 1. The topological polar surface area (TPSA) is 37.3 Å². The van der Waals surface area contributed by atoms with Gasteiger partial charge in [0.2, 0.25) is 0 Å². The van der Waals surface area contributed by atoms with Gasteiger partial charge in [0, 0.05) is 5.57 Å². The van der Waals surface area contributed by atoms with E-state index in [-0.39, 0.29) is 0 Å². The highest BCUT2D eigenvalue weighted by molar-refractivity contribution is 5.87. The van der Waals surface area contributed by atoms with Crippen LogP contribution in [0.3, 0.4) is 0 Å². The third-order valence-corrected chi connectivity index (χ3v) is 3.25. The summed E-state index contributed by atoms with van der Waals surface area (Å²) in [5.41, 5.74) is 1.78. The Hall–Kier alpha value is -0.790. The van der Waals surface area contributed by atoms with Crippen molar-refractivity contribution in [2.75, 3.05) is 0 Å². The molecular formula is C13H22O2. The van der Waals surface area contributed by atoms with Crippen LogP contribution in [0, 0.1) is 0 Å². The third kappa shape index (κ3) is 4.50. The van der Waals surface area contributed by atoms with E-state index in [0.29, 0.717) is 5.57 Å². The Balaban J connectivity index is 2.62. The van der Waals surface area contributed by atoms with E-state index in [2.05, 4.69) is 0 Å². The summed E-state index contributed by atoms with van der Waals surface area (Å²) in [7, 11) is 0. The maximum atomic E-state index is 11.1. The number of carbonyl (C=O) groups is 1. The van der Waals surface area contributed by atoms with Crippen molar-refractivity contribution in [2.24, 2.45) is 0 Å². The summed E-state index contributed by atoms with van der Waals surface area (Å²) in [6.07, 6.45) is 10.3. The molecule has 0 spiro atoms. The first-order chi connectivity index (χ1) is 7.22. The lowest BCUT2D eigenvalue weighted by Gasteiger charge is -2.07. The van der Waals surface area contributed by atoms with Crippen LogP contribution in [-0.4, -0.2) is 11.1 Å². The monoisotopic (exact) mass is 210 g/mol. The molecule has 0 aromatic rings. The molecule has 1 rings (SSSR count). The van der Waals surface area contributed by atoms with Gasteiger partial charge < -0.3 is 5.11 Å². The molecule has 0 aromatic carbocycles. The second kappa shape index (κ2) is 6.65. The van der Waals surface area contributed by atoms with Crippen LogP contribution >= 0.6 is 0 Å². The minimum atomic E-state index is -0.702. The predicted octanol–water partition coefficient (Wildman–Crippen LogP) is 3.91. The molecule has 2 heteroatoms. The predicted molar refractivity (Wildman–Crippen MR) is 61.9 cm³/mol. The highest BCUT2D eigenvalue weighted by atomic mass is 16.4. The molecule has 0 amide bonds. The first-order valence-corrected chi connectivity index (χ1v) is 6.13. The zero-order chi connectivity index (χ0) is 11.1. The molecule has 0 radical (unpaired) electrons. The largest absolute Gasteiger partial charge is 0.478 e. The number of hydrogen-bond donors (Lipinski definition) is 1. The van der Waals surface area contributed by atoms with Crippen molar-refractivity contribution < 1.29 is 9.90 Å². The van der Waals surface area contributed by atoms with E-state index in [9.17, 15) is 4.79 Å². The fourth-order valence-corrected chi connectivity index (χ4v) is 2.23. The molecule has 0 fully saturated rings. The molecule has 1 aliphatic rings. The van der Waals surface area contributed by atoms with Gasteiger partial charge in [-0.15, -0.1) is 0 Å². The van der Waals surface area contributed by atoms with Crippen LogP contribution in [-0.2, 0) is 4.79 Å². The summed E-state index contributed by atoms with van der Waals surface area (Å²) in [4.78, 5) is 11.1. The Bertz CT molecular complexity index is 241. The van der Waals surface area contributed by atoms with Crippen molar-refractivity contribution in [3.8, 4) is 0 Å². The summed E-state index contributed by atoms with van der Waals surface area (Å²) >= 11 is 0. The molecule has 0 aliphatic heterocycles. The Morgan fingerprint density at radius 2 is 1.40 bits per heavy atom. The summed E-state index contributed by atoms with van der Waals surface area (Å²) < 4.78 is 0. The van der Waals surface area contributed by atoms with Crippen LogP contribution in [0.5, 0.6) is 0 Å². The van der Waals surface area contributed by atoms with Crippen LogP contribution in [0.2, 0.25) is 0 Å². The second-order valence-electron chi connectivity index (χ2n) is 4.54. The van der Waals surface area contributed by atoms with Gasteiger partial charge in [-0.25, -0.2) is 4.79 Å². The number of allylic oxidation sites excluding steroid dienone is 1. The summed E-state index contributed by atoms with van der Waals surface area (Å²) in [5, 5.41) is 9.10. The van der Waals surface area contributed by atoms with E-state index in [1.807, 2.05) is 6.92 Å². The molecule has 0 heterocycles. The van der Waals surface area contributed by atoms with Crippen LogP contribution in [0.4, 0.5) is 0 Å². The Kier molecular flexibility index (Phi) is 5.44. The number of carboxylic acid groups (broad SMARTS) is 1. The molecule has 15 heavy (non-hydrogen) atoms. The summed E-state index contributed by atoms with van der Waals surface area (Å²) in [6.45, 7) is 1.99. The van der Waals surface area contributed by atoms with Crippen LogP contribution < -0.4 is 0 Å². The smallest absolute Gasteiger partial charge is 0.331 e. The fourth-order valence-electron chi connectivity index (χ4n) is 2.23. The maximum Gasteiger partial charge on any atom is 0.331 e. The quantitative estimate of drug-likeness (QED) is 0.712. The van der Waals surface area contributed by atoms with E-state index in [1.165, 1.54) is 32.1 Å². The van der Waals surface area contributed by atoms with Gasteiger partial charge in [0.05, 0.1) is 0 Å². The van der Waals surface area contributed by atoms with Crippen molar-refractivity contribution in [2.45, 2.75) is 64.7 Å². The van der Waals surface area contributed by atoms with Crippen molar-refractivity contribution in [1.82, 2.24) is 0 Å². The number of hydrogen-bond acceptors (Lipinski definition) is 1. The van der Waals surface area contributed by atoms with Gasteiger partial charge in [-0.1, -0.05) is 37.7 Å². The van der Waals surface area contributed by atoms with E-state index < -0.39 is 5.97 Å².